The minimum atomic E-state index is -5.13. The number of rotatable bonds is 10. The predicted molar refractivity (Wildman–Crippen MR) is 148 cm³/mol. The fourth-order valence-corrected chi connectivity index (χ4v) is 6.36. The summed E-state index contributed by atoms with van der Waals surface area (Å²) in [6, 6.07) is 1.35. The van der Waals surface area contributed by atoms with Crippen LogP contribution in [0, 0.1) is 0 Å². The van der Waals surface area contributed by atoms with Gasteiger partial charge >= 0.3 is 16.1 Å². The van der Waals surface area contributed by atoms with E-state index in [9.17, 15) is 34.1 Å². The molecule has 10 atom stereocenters. The average Bonchev–Trinajstić information content (AvgIpc) is 3.73. The van der Waals surface area contributed by atoms with Crippen molar-refractivity contribution in [3.05, 3.63) is 35.3 Å². The zero-order valence-corrected chi connectivity index (χ0v) is 24.5. The highest BCUT2D eigenvalue weighted by molar-refractivity contribution is 7.47. The van der Waals surface area contributed by atoms with Crippen molar-refractivity contribution in [1.82, 2.24) is 34.1 Å². The molecular formula is C21H27N9O13P2. The first kappa shape index (κ1) is 31.6. The first-order chi connectivity index (χ1) is 21.3. The second kappa shape index (κ2) is 12.1. The van der Waals surface area contributed by atoms with Crippen molar-refractivity contribution in [2.75, 3.05) is 24.7 Å². The molecule has 2 fully saturated rings. The molecule has 0 bridgehead atoms. The van der Waals surface area contributed by atoms with Gasteiger partial charge in [0, 0.05) is 6.20 Å². The third-order valence-electron chi connectivity index (χ3n) is 7.21. The van der Waals surface area contributed by atoms with Crippen molar-refractivity contribution >= 4 is 50.0 Å². The summed E-state index contributed by atoms with van der Waals surface area (Å²) in [4.78, 5) is 50.4. The van der Waals surface area contributed by atoms with E-state index in [0.29, 0.717) is 0 Å². The molecule has 0 aromatic carbocycles. The Bertz CT molecular complexity index is 1850. The van der Waals surface area contributed by atoms with Gasteiger partial charge in [-0.25, -0.2) is 19.5 Å². The number of nitrogens with zero attached hydrogens (tertiary/aromatic N) is 6. The van der Waals surface area contributed by atoms with Crippen LogP contribution in [0.15, 0.2) is 29.7 Å². The summed E-state index contributed by atoms with van der Waals surface area (Å²) in [5, 5.41) is 32.2. The van der Waals surface area contributed by atoms with Gasteiger partial charge in [0.05, 0.1) is 24.9 Å². The number of nitrogens with one attached hydrogen (secondary N) is 1. The Morgan fingerprint density at radius 1 is 1.02 bits per heavy atom. The number of aliphatic hydroxyl groups excluding tert-OH is 3. The fraction of sp³-hybridized carbons (Fsp3) is 0.476. The van der Waals surface area contributed by atoms with E-state index in [4.69, 9.17) is 34.9 Å². The number of hydrogen-bond donors (Lipinski definition) is 8. The maximum Gasteiger partial charge on any atom is 0.472 e. The molecule has 0 radical (unpaired) electrons. The van der Waals surface area contributed by atoms with E-state index in [1.165, 1.54) is 34.1 Å². The van der Waals surface area contributed by atoms with E-state index >= 15 is 0 Å². The van der Waals surface area contributed by atoms with Gasteiger partial charge in [0.15, 0.2) is 29.6 Å². The molecule has 2 aliphatic rings. The molecule has 0 aliphatic carbocycles. The molecule has 6 rings (SSSR count). The lowest BCUT2D eigenvalue weighted by Gasteiger charge is -2.25. The van der Waals surface area contributed by atoms with E-state index < -0.39 is 83.9 Å². The van der Waals surface area contributed by atoms with E-state index in [0.717, 1.165) is 0 Å². The predicted octanol–water partition coefficient (Wildman–Crippen LogP) is -2.49. The summed E-state index contributed by atoms with van der Waals surface area (Å²) >= 11 is 0. The molecule has 6 heterocycles. The van der Waals surface area contributed by atoms with Gasteiger partial charge in [-0.3, -0.25) is 28.0 Å². The lowest BCUT2D eigenvalue weighted by Crippen LogP contribution is -2.36. The molecule has 4 aromatic rings. The van der Waals surface area contributed by atoms with E-state index in [1.54, 1.807) is 0 Å². The summed E-state index contributed by atoms with van der Waals surface area (Å²) < 4.78 is 53.3. The highest BCUT2D eigenvalue weighted by Crippen LogP contribution is 2.50. The van der Waals surface area contributed by atoms with Crippen LogP contribution in [0.4, 0.5) is 11.8 Å². The summed E-state index contributed by atoms with van der Waals surface area (Å²) in [6.45, 7) is -1.39. The first-order valence-corrected chi connectivity index (χ1v) is 15.8. The van der Waals surface area contributed by atoms with Crippen molar-refractivity contribution in [2.24, 2.45) is 0 Å². The summed E-state index contributed by atoms with van der Waals surface area (Å²) in [7, 11) is -8.57. The van der Waals surface area contributed by atoms with Gasteiger partial charge in [0.2, 0.25) is 5.95 Å². The normalized spacial score (nSPS) is 30.7. The summed E-state index contributed by atoms with van der Waals surface area (Å²) in [6.07, 6.45) is -8.25. The number of anilines is 2. The average molecular weight is 675 g/mol. The highest BCUT2D eigenvalue weighted by atomic mass is 31.2. The lowest BCUT2D eigenvalue weighted by atomic mass is 10.1. The molecule has 244 valence electrons. The summed E-state index contributed by atoms with van der Waals surface area (Å²) in [5.41, 5.74) is 11.2. The van der Waals surface area contributed by atoms with Gasteiger partial charge in [-0.15, -0.1) is 0 Å². The standard InChI is InChI=1S/C21H27N9O13P2/c22-15-10-17(25-5-24-15)30(6-26-10)19-13(33)11(31)9(41-19)4-40-45(37,38)43-14-12(32)8(3-39-44(35)36)42-20(14)29-2-1-7-16(29)27-21(23)28-18(7)34/h1-2,5-6,8-9,11-14,19-20,31-33,44H,3-4H2,(H,35,36)(H,37,38)(H2,22,24,25)(H3,23,27,28,34)/t8?,9?,11-,12-,13-,14-,19-,20-/m1/s1. The van der Waals surface area contributed by atoms with Crippen LogP contribution in [0.2, 0.25) is 0 Å². The van der Waals surface area contributed by atoms with Gasteiger partial charge in [-0.2, -0.15) is 4.98 Å². The largest absolute Gasteiger partial charge is 0.472 e. The van der Waals surface area contributed by atoms with Crippen LogP contribution in [0.5, 0.6) is 0 Å². The number of nitrogen functional groups attached to an aromatic ring is 2. The molecule has 4 unspecified atom stereocenters. The van der Waals surface area contributed by atoms with Crippen molar-refractivity contribution in [3.63, 3.8) is 0 Å². The van der Waals surface area contributed by atoms with Gasteiger partial charge in [-0.1, -0.05) is 0 Å². The van der Waals surface area contributed by atoms with Crippen LogP contribution >= 0.6 is 16.1 Å². The Kier molecular flexibility index (Phi) is 8.50. The van der Waals surface area contributed by atoms with E-state index in [2.05, 4.69) is 29.4 Å². The zero-order chi connectivity index (χ0) is 32.2. The van der Waals surface area contributed by atoms with Gasteiger partial charge in [-0.05, 0) is 6.07 Å². The minimum absolute atomic E-state index is 0.0328. The fourth-order valence-electron chi connectivity index (χ4n) is 5.12. The monoisotopic (exact) mass is 675 g/mol. The van der Waals surface area contributed by atoms with Crippen LogP contribution < -0.4 is 17.0 Å². The lowest BCUT2D eigenvalue weighted by molar-refractivity contribution is -0.0608. The van der Waals surface area contributed by atoms with Crippen LogP contribution in [-0.4, -0.2) is 109 Å². The molecule has 45 heavy (non-hydrogen) atoms. The number of phosphoric acid groups is 1. The second-order valence-electron chi connectivity index (χ2n) is 10.0. The molecular weight excluding hydrogens is 648 g/mol. The molecule has 2 saturated heterocycles. The highest BCUT2D eigenvalue weighted by Gasteiger charge is 2.51. The molecule has 0 spiro atoms. The van der Waals surface area contributed by atoms with Crippen molar-refractivity contribution in [1.29, 1.82) is 0 Å². The smallest absolute Gasteiger partial charge is 0.387 e. The van der Waals surface area contributed by atoms with Crippen LogP contribution in [0.1, 0.15) is 12.5 Å². The molecule has 22 nitrogen and oxygen atoms in total. The van der Waals surface area contributed by atoms with Crippen molar-refractivity contribution < 1.29 is 57.3 Å². The minimum Gasteiger partial charge on any atom is -0.387 e. The topological polar surface area (TPSA) is 328 Å². The van der Waals surface area contributed by atoms with Crippen molar-refractivity contribution in [2.45, 2.75) is 49.1 Å². The number of ether oxygens (including phenoxy) is 2. The second-order valence-corrected chi connectivity index (χ2v) is 12.2. The molecule has 0 saturated carbocycles. The molecule has 4 aromatic heterocycles. The molecule has 10 N–H and O–H groups in total. The Hall–Kier alpha value is -3.37. The van der Waals surface area contributed by atoms with Crippen LogP contribution in [-0.2, 0) is 32.2 Å². The number of aromatic nitrogens is 7. The number of fused-ring (bicyclic) bond motifs is 2. The first-order valence-electron chi connectivity index (χ1n) is 13.0. The van der Waals surface area contributed by atoms with Crippen molar-refractivity contribution in [3.8, 4) is 0 Å². The number of nitrogens with two attached hydrogens (primary N) is 2. The molecule has 2 aliphatic heterocycles. The van der Waals surface area contributed by atoms with Gasteiger partial charge in [0.1, 0.15) is 48.5 Å². The third kappa shape index (κ3) is 5.99. The quantitative estimate of drug-likeness (QED) is 0.0806. The zero-order valence-electron chi connectivity index (χ0n) is 22.6. The maximum atomic E-state index is 13.1. The number of imidazole rings is 1. The SMILES string of the molecule is Nc1nc2c(ccn2[C@@H]2OC(CO[PH](=O)O)[C@@H](O)[C@H]2OP(=O)(O)OCC2O[C@@H](n3cnc4c(N)ncnc43)[C@H](O)[C@@H]2O)c(=O)[nH]1. The maximum absolute atomic E-state index is 13.1. The molecule has 0 amide bonds. The van der Waals surface area contributed by atoms with Crippen LogP contribution in [0.3, 0.4) is 0 Å². The number of aromatic amines is 1. The van der Waals surface area contributed by atoms with Crippen LogP contribution in [0.25, 0.3) is 22.2 Å². The number of phosphoric ester groups is 1. The Labute approximate surface area is 250 Å². The van der Waals surface area contributed by atoms with E-state index in [-0.39, 0.29) is 34.0 Å². The Balaban J connectivity index is 1.20. The number of hydrogen-bond acceptors (Lipinski definition) is 17. The van der Waals surface area contributed by atoms with E-state index in [1.807, 2.05) is 0 Å². The summed E-state index contributed by atoms with van der Waals surface area (Å²) in [5.74, 6) is -0.187. The van der Waals surface area contributed by atoms with Gasteiger partial charge < -0.3 is 55.1 Å². The Morgan fingerprint density at radius 3 is 2.51 bits per heavy atom. The number of H-pyrrole nitrogens is 1. The Morgan fingerprint density at radius 2 is 1.76 bits per heavy atom. The molecule has 24 heteroatoms. The van der Waals surface area contributed by atoms with Gasteiger partial charge in [0.25, 0.3) is 5.56 Å². The number of aliphatic hydroxyl groups is 3. The third-order valence-corrected chi connectivity index (χ3v) is 8.61.